The summed E-state index contributed by atoms with van der Waals surface area (Å²) in [5.74, 6) is 1.21. The van der Waals surface area contributed by atoms with Crippen LogP contribution >= 0.6 is 0 Å². The van der Waals surface area contributed by atoms with Crippen LogP contribution in [0.2, 0.25) is 0 Å². The average Bonchev–Trinajstić information content (AvgIpc) is 2.60. The van der Waals surface area contributed by atoms with Crippen molar-refractivity contribution in [3.05, 3.63) is 12.2 Å². The zero-order valence-corrected chi connectivity index (χ0v) is 10.8. The number of hydrogen-bond acceptors (Lipinski definition) is 3. The van der Waals surface area contributed by atoms with Gasteiger partial charge in [-0.3, -0.25) is 4.68 Å². The van der Waals surface area contributed by atoms with Gasteiger partial charge >= 0.3 is 0 Å². The Morgan fingerprint density at radius 3 is 2.62 bits per heavy atom. The van der Waals surface area contributed by atoms with Crippen LogP contribution < -0.4 is 0 Å². The number of rotatable bonds is 5. The Morgan fingerprint density at radius 1 is 1.44 bits per heavy atom. The van der Waals surface area contributed by atoms with Crippen LogP contribution in [0.4, 0.5) is 0 Å². The summed E-state index contributed by atoms with van der Waals surface area (Å²) in [5, 5.41) is 13.6. The molecule has 0 spiro atoms. The number of aliphatic hydroxyl groups is 1. The predicted molar refractivity (Wildman–Crippen MR) is 64.0 cm³/mol. The van der Waals surface area contributed by atoms with Gasteiger partial charge in [0, 0.05) is 19.6 Å². The SMILES string of the molecule is CCCn1ncnc1CC(CO)C(C)(C)C. The fraction of sp³-hybridized carbons (Fsp3) is 0.833. The molecule has 1 aromatic heterocycles. The lowest BCUT2D eigenvalue weighted by Crippen LogP contribution is -2.27. The minimum absolute atomic E-state index is 0.0950. The molecule has 0 fully saturated rings. The van der Waals surface area contributed by atoms with E-state index in [2.05, 4.69) is 37.8 Å². The molecule has 0 saturated heterocycles. The van der Waals surface area contributed by atoms with Gasteiger partial charge in [-0.2, -0.15) is 5.10 Å². The second-order valence-electron chi connectivity index (χ2n) is 5.35. The fourth-order valence-corrected chi connectivity index (χ4v) is 1.71. The second-order valence-corrected chi connectivity index (χ2v) is 5.35. The topological polar surface area (TPSA) is 50.9 Å². The lowest BCUT2D eigenvalue weighted by Gasteiger charge is -2.28. The molecule has 4 heteroatoms. The molecule has 1 rings (SSSR count). The van der Waals surface area contributed by atoms with Crippen molar-refractivity contribution < 1.29 is 5.11 Å². The number of aromatic nitrogens is 3. The van der Waals surface area contributed by atoms with Gasteiger partial charge in [-0.05, 0) is 17.8 Å². The van der Waals surface area contributed by atoms with Crippen molar-refractivity contribution in [2.45, 2.75) is 47.1 Å². The molecular formula is C12H23N3O. The molecule has 16 heavy (non-hydrogen) atoms. The van der Waals surface area contributed by atoms with E-state index >= 15 is 0 Å². The van der Waals surface area contributed by atoms with Gasteiger partial charge in [0.2, 0.25) is 0 Å². The summed E-state index contributed by atoms with van der Waals surface area (Å²) in [6.07, 6.45) is 3.44. The van der Waals surface area contributed by atoms with E-state index in [-0.39, 0.29) is 17.9 Å². The van der Waals surface area contributed by atoms with Crippen LogP contribution in [0.15, 0.2) is 6.33 Å². The third-order valence-electron chi connectivity index (χ3n) is 3.01. The fourth-order valence-electron chi connectivity index (χ4n) is 1.71. The van der Waals surface area contributed by atoms with E-state index in [0.717, 1.165) is 25.2 Å². The highest BCUT2D eigenvalue weighted by molar-refractivity contribution is 4.90. The van der Waals surface area contributed by atoms with Gasteiger partial charge in [-0.25, -0.2) is 4.98 Å². The molecule has 92 valence electrons. The monoisotopic (exact) mass is 225 g/mol. The molecule has 0 aliphatic rings. The van der Waals surface area contributed by atoms with Crippen LogP contribution in [-0.4, -0.2) is 26.5 Å². The highest BCUT2D eigenvalue weighted by Crippen LogP contribution is 2.28. The van der Waals surface area contributed by atoms with E-state index in [1.54, 1.807) is 6.33 Å². The van der Waals surface area contributed by atoms with Crippen LogP contribution in [0.25, 0.3) is 0 Å². The molecule has 0 radical (unpaired) electrons. The minimum atomic E-state index is 0.0950. The first-order valence-corrected chi connectivity index (χ1v) is 5.96. The zero-order chi connectivity index (χ0) is 12.2. The van der Waals surface area contributed by atoms with Crippen molar-refractivity contribution in [1.29, 1.82) is 0 Å². The Hall–Kier alpha value is -0.900. The molecule has 1 heterocycles. The van der Waals surface area contributed by atoms with E-state index < -0.39 is 0 Å². The quantitative estimate of drug-likeness (QED) is 0.832. The molecule has 1 aromatic rings. The minimum Gasteiger partial charge on any atom is -0.396 e. The molecule has 1 unspecified atom stereocenters. The normalized spacial score (nSPS) is 14.1. The summed E-state index contributed by atoms with van der Waals surface area (Å²) >= 11 is 0. The van der Waals surface area contributed by atoms with E-state index in [4.69, 9.17) is 0 Å². The van der Waals surface area contributed by atoms with Crippen molar-refractivity contribution in [3.63, 3.8) is 0 Å². The zero-order valence-electron chi connectivity index (χ0n) is 10.8. The van der Waals surface area contributed by atoms with Gasteiger partial charge in [0.15, 0.2) is 0 Å². The first kappa shape index (κ1) is 13.2. The first-order chi connectivity index (χ1) is 7.49. The standard InChI is InChI=1S/C12H23N3O/c1-5-6-15-11(13-9-14-15)7-10(8-16)12(2,3)4/h9-10,16H,5-8H2,1-4H3. The summed E-state index contributed by atoms with van der Waals surface area (Å²) in [5.41, 5.74) is 0.0950. The van der Waals surface area contributed by atoms with Gasteiger partial charge in [-0.1, -0.05) is 27.7 Å². The Labute approximate surface area is 97.7 Å². The molecule has 0 saturated carbocycles. The van der Waals surface area contributed by atoms with Gasteiger partial charge in [-0.15, -0.1) is 0 Å². The smallest absolute Gasteiger partial charge is 0.138 e. The summed E-state index contributed by atoms with van der Waals surface area (Å²) in [4.78, 5) is 4.28. The van der Waals surface area contributed by atoms with Crippen molar-refractivity contribution in [2.24, 2.45) is 11.3 Å². The number of aryl methyl sites for hydroxylation is 1. The summed E-state index contributed by atoms with van der Waals surface area (Å²) in [6.45, 7) is 9.66. The number of aliphatic hydroxyl groups excluding tert-OH is 1. The van der Waals surface area contributed by atoms with Crippen LogP contribution in [0, 0.1) is 11.3 Å². The van der Waals surface area contributed by atoms with Gasteiger partial charge in [0.25, 0.3) is 0 Å². The number of hydrogen-bond donors (Lipinski definition) is 1. The summed E-state index contributed by atoms with van der Waals surface area (Å²) < 4.78 is 1.94. The van der Waals surface area contributed by atoms with E-state index in [9.17, 15) is 5.11 Å². The Morgan fingerprint density at radius 2 is 2.12 bits per heavy atom. The van der Waals surface area contributed by atoms with E-state index in [0.29, 0.717) is 0 Å². The second kappa shape index (κ2) is 5.43. The molecule has 0 amide bonds. The maximum Gasteiger partial charge on any atom is 0.138 e. The van der Waals surface area contributed by atoms with E-state index in [1.807, 2.05) is 4.68 Å². The predicted octanol–water partition coefficient (Wildman–Crippen LogP) is 1.89. The Kier molecular flexibility index (Phi) is 4.47. The van der Waals surface area contributed by atoms with Crippen molar-refractivity contribution in [3.8, 4) is 0 Å². The van der Waals surface area contributed by atoms with Crippen LogP contribution in [0.1, 0.15) is 39.9 Å². The third-order valence-corrected chi connectivity index (χ3v) is 3.01. The first-order valence-electron chi connectivity index (χ1n) is 5.96. The van der Waals surface area contributed by atoms with Crippen LogP contribution in [0.3, 0.4) is 0 Å². The van der Waals surface area contributed by atoms with Gasteiger partial charge < -0.3 is 5.11 Å². The summed E-state index contributed by atoms with van der Waals surface area (Å²) in [7, 11) is 0. The maximum absolute atomic E-state index is 9.42. The molecule has 1 atom stereocenters. The molecule has 4 nitrogen and oxygen atoms in total. The molecule has 1 N–H and O–H groups in total. The highest BCUT2D eigenvalue weighted by Gasteiger charge is 2.25. The van der Waals surface area contributed by atoms with Crippen LogP contribution in [-0.2, 0) is 13.0 Å². The largest absolute Gasteiger partial charge is 0.396 e. The summed E-state index contributed by atoms with van der Waals surface area (Å²) in [6, 6.07) is 0. The third kappa shape index (κ3) is 3.30. The van der Waals surface area contributed by atoms with Crippen molar-refractivity contribution in [1.82, 2.24) is 14.8 Å². The van der Waals surface area contributed by atoms with Crippen molar-refractivity contribution >= 4 is 0 Å². The maximum atomic E-state index is 9.42. The molecule has 0 aliphatic heterocycles. The number of nitrogens with zero attached hydrogens (tertiary/aromatic N) is 3. The Bertz CT molecular complexity index is 314. The van der Waals surface area contributed by atoms with Gasteiger partial charge in [0.1, 0.15) is 12.2 Å². The molecule has 0 aliphatic carbocycles. The van der Waals surface area contributed by atoms with E-state index in [1.165, 1.54) is 0 Å². The lowest BCUT2D eigenvalue weighted by atomic mass is 9.79. The molecular weight excluding hydrogens is 202 g/mol. The van der Waals surface area contributed by atoms with Crippen molar-refractivity contribution in [2.75, 3.05) is 6.61 Å². The lowest BCUT2D eigenvalue weighted by molar-refractivity contribution is 0.128. The molecule has 0 bridgehead atoms. The Balaban J connectivity index is 2.74. The molecule has 0 aromatic carbocycles. The highest BCUT2D eigenvalue weighted by atomic mass is 16.3. The average molecular weight is 225 g/mol. The van der Waals surface area contributed by atoms with Crippen LogP contribution in [0.5, 0.6) is 0 Å². The van der Waals surface area contributed by atoms with Gasteiger partial charge in [0.05, 0.1) is 0 Å².